The van der Waals surface area contributed by atoms with Crippen molar-refractivity contribution in [3.8, 4) is 0 Å². The largest absolute Gasteiger partial charge is 0.445 e. The lowest BCUT2D eigenvalue weighted by Gasteiger charge is -2.34. The highest BCUT2D eigenvalue weighted by Gasteiger charge is 2.36. The third-order valence-electron chi connectivity index (χ3n) is 4.75. The predicted molar refractivity (Wildman–Crippen MR) is 99.2 cm³/mol. The Hall–Kier alpha value is -2.96. The van der Waals surface area contributed by atoms with Gasteiger partial charge in [-0.3, -0.25) is 9.59 Å². The Morgan fingerprint density at radius 3 is 2.59 bits per heavy atom. The molecule has 1 fully saturated rings. The van der Waals surface area contributed by atoms with Gasteiger partial charge in [0.1, 0.15) is 5.82 Å². The first-order chi connectivity index (χ1) is 13.7. The van der Waals surface area contributed by atoms with Crippen LogP contribution in [0, 0.1) is 0 Å². The molecule has 2 amide bonds. The summed E-state index contributed by atoms with van der Waals surface area (Å²) >= 11 is 0.489. The van der Waals surface area contributed by atoms with Gasteiger partial charge in [-0.1, -0.05) is 11.3 Å². The standard InChI is InChI=1S/C16H16F3N7O2S/c1-24-10-6-9(7-20-12(10)21-8-11(24)27)13(28)25-2-4-26(5-3-25)15-23-22-14(29-15)16(17,18)19/h6-7H,2-5,8H2,1H3,(H,20,21). The number of alkyl halides is 3. The van der Waals surface area contributed by atoms with Gasteiger partial charge in [-0.25, -0.2) is 4.98 Å². The first-order valence-corrected chi connectivity index (χ1v) is 9.51. The van der Waals surface area contributed by atoms with E-state index in [4.69, 9.17) is 0 Å². The Labute approximate surface area is 167 Å². The van der Waals surface area contributed by atoms with Crippen molar-refractivity contribution in [2.45, 2.75) is 6.18 Å². The fourth-order valence-corrected chi connectivity index (χ4v) is 3.88. The highest BCUT2D eigenvalue weighted by atomic mass is 32.1. The van der Waals surface area contributed by atoms with Crippen LogP contribution in [0.2, 0.25) is 0 Å². The number of anilines is 3. The third kappa shape index (κ3) is 3.69. The number of fused-ring (bicyclic) bond motifs is 1. The van der Waals surface area contributed by atoms with Crippen LogP contribution in [-0.4, -0.2) is 71.7 Å². The molecule has 0 atom stereocenters. The molecule has 1 N–H and O–H groups in total. The highest BCUT2D eigenvalue weighted by molar-refractivity contribution is 7.15. The second-order valence-corrected chi connectivity index (χ2v) is 7.52. The van der Waals surface area contributed by atoms with Crippen LogP contribution in [0.4, 0.5) is 29.8 Å². The van der Waals surface area contributed by atoms with Gasteiger partial charge in [-0.05, 0) is 6.07 Å². The van der Waals surface area contributed by atoms with E-state index in [1.807, 2.05) is 0 Å². The second-order valence-electron chi connectivity index (χ2n) is 6.56. The number of rotatable bonds is 2. The summed E-state index contributed by atoms with van der Waals surface area (Å²) in [6.45, 7) is 1.48. The Kier molecular flexibility index (Phi) is 4.76. The maximum absolute atomic E-state index is 12.8. The first-order valence-electron chi connectivity index (χ1n) is 8.69. The number of halogens is 3. The van der Waals surface area contributed by atoms with Crippen LogP contribution in [-0.2, 0) is 11.0 Å². The van der Waals surface area contributed by atoms with Gasteiger partial charge < -0.3 is 20.0 Å². The molecule has 0 unspecified atom stereocenters. The SMILES string of the molecule is CN1C(=O)CNc2ncc(C(=O)N3CCN(c4nnc(C(F)(F)F)s4)CC3)cc21. The lowest BCUT2D eigenvalue weighted by Crippen LogP contribution is -2.49. The topological polar surface area (TPSA) is 94.6 Å². The Balaban J connectivity index is 1.43. The number of nitrogens with one attached hydrogen (secondary N) is 1. The van der Waals surface area contributed by atoms with Crippen molar-refractivity contribution >= 4 is 39.8 Å². The number of nitrogens with zero attached hydrogens (tertiary/aromatic N) is 6. The monoisotopic (exact) mass is 427 g/mol. The molecule has 4 rings (SSSR count). The molecule has 154 valence electrons. The summed E-state index contributed by atoms with van der Waals surface area (Å²) < 4.78 is 38.1. The summed E-state index contributed by atoms with van der Waals surface area (Å²) in [5.74, 6) is 0.151. The number of pyridine rings is 1. The first kappa shape index (κ1) is 19.4. The molecule has 9 nitrogen and oxygen atoms in total. The molecular formula is C16H16F3N7O2S. The summed E-state index contributed by atoms with van der Waals surface area (Å²) in [4.78, 5) is 33.6. The Morgan fingerprint density at radius 2 is 1.93 bits per heavy atom. The summed E-state index contributed by atoms with van der Waals surface area (Å²) in [5, 5.41) is 8.91. The Bertz CT molecular complexity index is 956. The minimum Gasteiger partial charge on any atom is -0.359 e. The number of hydrogen-bond donors (Lipinski definition) is 1. The van der Waals surface area contributed by atoms with E-state index in [2.05, 4.69) is 20.5 Å². The van der Waals surface area contributed by atoms with Crippen molar-refractivity contribution in [3.05, 3.63) is 22.8 Å². The fourth-order valence-electron chi connectivity index (χ4n) is 3.12. The average molecular weight is 427 g/mol. The predicted octanol–water partition coefficient (Wildman–Crippen LogP) is 1.30. The zero-order valence-corrected chi connectivity index (χ0v) is 16.0. The van der Waals surface area contributed by atoms with Gasteiger partial charge in [0.2, 0.25) is 16.0 Å². The van der Waals surface area contributed by atoms with Crippen LogP contribution in [0.3, 0.4) is 0 Å². The lowest BCUT2D eigenvalue weighted by molar-refractivity contribution is -0.138. The molecule has 0 aliphatic carbocycles. The van der Waals surface area contributed by atoms with E-state index in [-0.39, 0.29) is 23.5 Å². The lowest BCUT2D eigenvalue weighted by atomic mass is 10.1. The van der Waals surface area contributed by atoms with Gasteiger partial charge in [-0.15, -0.1) is 10.2 Å². The zero-order chi connectivity index (χ0) is 20.8. The van der Waals surface area contributed by atoms with E-state index in [0.717, 1.165) is 0 Å². The van der Waals surface area contributed by atoms with Crippen molar-refractivity contribution in [1.82, 2.24) is 20.1 Å². The van der Waals surface area contributed by atoms with E-state index in [1.165, 1.54) is 11.1 Å². The smallest absolute Gasteiger partial charge is 0.359 e. The van der Waals surface area contributed by atoms with Crippen LogP contribution in [0.5, 0.6) is 0 Å². The molecule has 0 spiro atoms. The average Bonchev–Trinajstić information content (AvgIpc) is 3.21. The molecule has 0 saturated carbocycles. The van der Waals surface area contributed by atoms with Crippen LogP contribution >= 0.6 is 11.3 Å². The van der Waals surface area contributed by atoms with E-state index in [9.17, 15) is 22.8 Å². The fraction of sp³-hybridized carbons (Fsp3) is 0.438. The molecule has 13 heteroatoms. The molecule has 4 heterocycles. The van der Waals surface area contributed by atoms with Gasteiger partial charge in [0.25, 0.3) is 5.91 Å². The second kappa shape index (κ2) is 7.13. The molecule has 0 bridgehead atoms. The maximum Gasteiger partial charge on any atom is 0.445 e. The summed E-state index contributed by atoms with van der Waals surface area (Å²) in [6, 6.07) is 1.61. The van der Waals surface area contributed by atoms with E-state index in [0.29, 0.717) is 54.6 Å². The maximum atomic E-state index is 12.8. The van der Waals surface area contributed by atoms with Crippen LogP contribution < -0.4 is 15.1 Å². The van der Waals surface area contributed by atoms with Gasteiger partial charge in [-0.2, -0.15) is 13.2 Å². The quantitative estimate of drug-likeness (QED) is 0.772. The minimum absolute atomic E-state index is 0.132. The van der Waals surface area contributed by atoms with Crippen molar-refractivity contribution < 1.29 is 22.8 Å². The third-order valence-corrected chi connectivity index (χ3v) is 5.78. The van der Waals surface area contributed by atoms with Crippen molar-refractivity contribution in [2.75, 3.05) is 54.9 Å². The van der Waals surface area contributed by atoms with Gasteiger partial charge in [0.05, 0.1) is 17.8 Å². The zero-order valence-electron chi connectivity index (χ0n) is 15.2. The van der Waals surface area contributed by atoms with Crippen LogP contribution in [0.15, 0.2) is 12.3 Å². The number of hydrogen-bond acceptors (Lipinski definition) is 8. The van der Waals surface area contributed by atoms with Gasteiger partial charge in [0.15, 0.2) is 0 Å². The Morgan fingerprint density at radius 1 is 1.21 bits per heavy atom. The molecule has 2 aromatic heterocycles. The molecule has 0 aromatic carbocycles. The van der Waals surface area contributed by atoms with Crippen molar-refractivity contribution in [1.29, 1.82) is 0 Å². The molecule has 29 heavy (non-hydrogen) atoms. The number of amides is 2. The number of aromatic nitrogens is 3. The van der Waals surface area contributed by atoms with Gasteiger partial charge >= 0.3 is 6.18 Å². The highest BCUT2D eigenvalue weighted by Crippen LogP contribution is 2.34. The molecule has 2 aliphatic heterocycles. The summed E-state index contributed by atoms with van der Waals surface area (Å²) in [7, 11) is 1.62. The molecular weight excluding hydrogens is 411 g/mol. The normalized spacial score (nSPS) is 17.2. The number of carbonyl (C=O) groups is 2. The minimum atomic E-state index is -4.52. The summed E-state index contributed by atoms with van der Waals surface area (Å²) in [5.41, 5.74) is 0.870. The van der Waals surface area contributed by atoms with Gasteiger partial charge in [0, 0.05) is 39.4 Å². The van der Waals surface area contributed by atoms with Crippen molar-refractivity contribution in [2.24, 2.45) is 0 Å². The number of piperazine rings is 1. The molecule has 2 aliphatic rings. The summed E-state index contributed by atoms with van der Waals surface area (Å²) in [6.07, 6.45) is -3.07. The number of likely N-dealkylation sites (N-methyl/N-ethyl adjacent to an activating group) is 1. The van der Waals surface area contributed by atoms with Crippen molar-refractivity contribution in [3.63, 3.8) is 0 Å². The van der Waals surface area contributed by atoms with Crippen LogP contribution in [0.25, 0.3) is 0 Å². The van der Waals surface area contributed by atoms with E-state index in [1.54, 1.807) is 22.9 Å². The molecule has 2 aromatic rings. The molecule has 1 saturated heterocycles. The van der Waals surface area contributed by atoms with Crippen LogP contribution in [0.1, 0.15) is 15.4 Å². The van der Waals surface area contributed by atoms with E-state index >= 15 is 0 Å². The number of carbonyl (C=O) groups excluding carboxylic acids is 2. The molecule has 0 radical (unpaired) electrons. The van der Waals surface area contributed by atoms with E-state index < -0.39 is 11.2 Å².